The Balaban J connectivity index is 0.000000361. The first-order valence-corrected chi connectivity index (χ1v) is 15.9. The van der Waals surface area contributed by atoms with E-state index in [0.29, 0.717) is 16.6 Å². The van der Waals surface area contributed by atoms with E-state index in [1.807, 2.05) is 20.8 Å². The van der Waals surface area contributed by atoms with Gasteiger partial charge in [0, 0.05) is 0 Å². The van der Waals surface area contributed by atoms with Gasteiger partial charge in [0.2, 0.25) is 5.69 Å². The SMILES string of the molecule is C.C.Cc1cc2nc(C(=O)O)c(=O)n(C[C@H](O)[C@H](O)[C@H](O)CO)c2cc1C.Cc1cc2nc3c(=O)[nH]c(=O)nc-3n(C[C@H](O)[C@H](O)[C@H](O)CO)c2cc1C. The van der Waals surface area contributed by atoms with Crippen LogP contribution < -0.4 is 16.8 Å². The lowest BCUT2D eigenvalue weighted by Crippen LogP contribution is -2.43. The Kier molecular flexibility index (Phi) is 15.4. The van der Waals surface area contributed by atoms with Crippen molar-refractivity contribution in [1.82, 2.24) is 29.1 Å². The van der Waals surface area contributed by atoms with Crippen LogP contribution >= 0.6 is 0 Å². The van der Waals surface area contributed by atoms with E-state index >= 15 is 0 Å². The van der Waals surface area contributed by atoms with E-state index in [1.165, 1.54) is 4.57 Å². The number of aliphatic hydroxyl groups excluding tert-OH is 8. The van der Waals surface area contributed by atoms with E-state index in [0.717, 1.165) is 26.8 Å². The number of fused-ring (bicyclic) bond motifs is 3. The van der Waals surface area contributed by atoms with E-state index in [9.17, 15) is 54.9 Å². The van der Waals surface area contributed by atoms with Crippen molar-refractivity contribution in [2.75, 3.05) is 13.2 Å². The fourth-order valence-electron chi connectivity index (χ4n) is 5.37. The standard InChI is InChI=1S/C17H20N4O6.C16H20N2O7.2CH4/c1-7-3-9-10(4-8(7)2)21(5-11(23)14(25)12(24)6-22)15-13(18-9)16(26)20-17(27)19-15;1-7-3-9-10(4-8(7)2)18(15(23)13(17-9)16(24)25)5-11(20)14(22)12(21)6-19;;/h3-4,11-12,14,22-25H,5-6H2,1-2H3,(H,20,26,27);3-4,11-12,14,19-22H,5-6H2,1-2H3,(H,24,25);2*1H4/t2*11-,12+,14-;;/m00../s1. The molecule has 2 aliphatic heterocycles. The van der Waals surface area contributed by atoms with Crippen molar-refractivity contribution in [3.63, 3.8) is 0 Å². The zero-order chi connectivity index (χ0) is 38.8. The second kappa shape index (κ2) is 18.4. The van der Waals surface area contributed by atoms with Crippen molar-refractivity contribution >= 4 is 28.0 Å². The molecule has 0 fully saturated rings. The maximum atomic E-state index is 12.4. The first-order chi connectivity index (χ1) is 24.4. The van der Waals surface area contributed by atoms with Crippen LogP contribution in [0.15, 0.2) is 38.6 Å². The second-order valence-corrected chi connectivity index (χ2v) is 12.4. The van der Waals surface area contributed by atoms with Crippen LogP contribution in [-0.2, 0) is 13.1 Å². The van der Waals surface area contributed by atoms with Crippen molar-refractivity contribution < 1.29 is 50.8 Å². The van der Waals surface area contributed by atoms with Crippen LogP contribution in [0.2, 0.25) is 0 Å². The molecule has 2 aliphatic rings. The smallest absolute Gasteiger partial charge is 0.360 e. The Morgan fingerprint density at radius 3 is 1.56 bits per heavy atom. The highest BCUT2D eigenvalue weighted by molar-refractivity contribution is 5.88. The molecular weight excluding hydrogens is 712 g/mol. The van der Waals surface area contributed by atoms with Crippen LogP contribution in [0.25, 0.3) is 33.6 Å². The molecule has 0 spiro atoms. The number of H-pyrrole nitrogens is 1. The highest BCUT2D eigenvalue weighted by Crippen LogP contribution is 2.25. The van der Waals surface area contributed by atoms with Gasteiger partial charge in [-0.15, -0.1) is 0 Å². The maximum Gasteiger partial charge on any atom is 0.360 e. The first kappa shape index (κ1) is 45.2. The summed E-state index contributed by atoms with van der Waals surface area (Å²) in [5.74, 6) is -1.56. The monoisotopic (exact) mass is 760 g/mol. The van der Waals surface area contributed by atoms with Gasteiger partial charge in [-0.25, -0.2) is 19.6 Å². The molecule has 10 N–H and O–H groups in total. The topological polar surface area (TPSA) is 315 Å². The number of aromatic nitrogens is 6. The average molecular weight is 761 g/mol. The van der Waals surface area contributed by atoms with Crippen molar-refractivity contribution in [2.24, 2.45) is 0 Å². The number of nitrogens with one attached hydrogen (secondary N) is 1. The molecule has 296 valence electrons. The largest absolute Gasteiger partial charge is 0.476 e. The summed E-state index contributed by atoms with van der Waals surface area (Å²) in [7, 11) is 0. The Bertz CT molecular complexity index is 2250. The summed E-state index contributed by atoms with van der Waals surface area (Å²) in [5.41, 5.74) is 1.69. The summed E-state index contributed by atoms with van der Waals surface area (Å²) in [6.45, 7) is 5.09. The lowest BCUT2D eigenvalue weighted by atomic mass is 10.1. The number of hydrogen-bond donors (Lipinski definition) is 10. The molecule has 54 heavy (non-hydrogen) atoms. The number of aromatic carboxylic acids is 1. The van der Waals surface area contributed by atoms with Gasteiger partial charge in [-0.05, 0) is 74.2 Å². The molecule has 5 rings (SSSR count). The molecule has 0 amide bonds. The van der Waals surface area contributed by atoms with E-state index in [4.69, 9.17) is 10.2 Å². The summed E-state index contributed by atoms with van der Waals surface area (Å²) in [4.78, 5) is 61.6. The minimum Gasteiger partial charge on any atom is -0.476 e. The lowest BCUT2D eigenvalue weighted by molar-refractivity contribution is -0.0805. The summed E-state index contributed by atoms with van der Waals surface area (Å²) in [5, 5.41) is 86.1. The van der Waals surface area contributed by atoms with Gasteiger partial charge in [0.05, 0.1) is 48.4 Å². The van der Waals surface area contributed by atoms with Crippen LogP contribution in [-0.4, -0.2) is 131 Å². The van der Waals surface area contributed by atoms with Gasteiger partial charge in [0.25, 0.3) is 11.1 Å². The average Bonchev–Trinajstić information content (AvgIpc) is 3.09. The number of rotatable bonds is 11. The number of hydrogen-bond acceptors (Lipinski definition) is 15. The fourth-order valence-corrected chi connectivity index (χ4v) is 5.37. The van der Waals surface area contributed by atoms with Gasteiger partial charge in [-0.2, -0.15) is 4.98 Å². The first-order valence-electron chi connectivity index (χ1n) is 15.9. The third-order valence-electron chi connectivity index (χ3n) is 8.68. The number of nitrogens with zero attached hydrogens (tertiary/aromatic N) is 5. The van der Waals surface area contributed by atoms with Crippen molar-refractivity contribution in [3.05, 3.63) is 83.4 Å². The molecular formula is C35H48N6O13. The van der Waals surface area contributed by atoms with Crippen LogP contribution in [0.3, 0.4) is 0 Å². The lowest BCUT2D eigenvalue weighted by Gasteiger charge is -2.25. The van der Waals surface area contributed by atoms with Gasteiger partial charge >= 0.3 is 11.7 Å². The van der Waals surface area contributed by atoms with Gasteiger partial charge in [0.15, 0.2) is 11.5 Å². The van der Waals surface area contributed by atoms with Gasteiger partial charge < -0.3 is 55.1 Å². The number of aryl methyl sites for hydroxylation is 4. The zero-order valence-electron chi connectivity index (χ0n) is 28.5. The van der Waals surface area contributed by atoms with Crippen LogP contribution in [0.1, 0.15) is 47.6 Å². The number of benzene rings is 2. The molecule has 2 aromatic carbocycles. The molecule has 3 aromatic rings. The summed E-state index contributed by atoms with van der Waals surface area (Å²) >= 11 is 0. The van der Waals surface area contributed by atoms with Crippen LogP contribution in [0.5, 0.6) is 0 Å². The molecule has 1 aromatic heterocycles. The number of carbonyl (C=O) groups is 1. The molecule has 19 heteroatoms. The fraction of sp³-hybridized carbons (Fsp3) is 0.457. The van der Waals surface area contributed by atoms with Gasteiger partial charge in [-0.3, -0.25) is 14.6 Å². The van der Waals surface area contributed by atoms with E-state index < -0.39 is 84.9 Å². The Morgan fingerprint density at radius 2 is 1.09 bits per heavy atom. The molecule has 0 saturated carbocycles. The third kappa shape index (κ3) is 9.38. The van der Waals surface area contributed by atoms with Crippen LogP contribution in [0, 0.1) is 27.7 Å². The highest BCUT2D eigenvalue weighted by atomic mass is 16.4. The summed E-state index contributed by atoms with van der Waals surface area (Å²) < 4.78 is 2.40. The zero-order valence-corrected chi connectivity index (χ0v) is 28.5. The summed E-state index contributed by atoms with van der Waals surface area (Å²) in [6, 6.07) is 6.78. The quantitative estimate of drug-likeness (QED) is 0.0673. The predicted octanol–water partition coefficient (Wildman–Crippen LogP) is -1.66. The molecule has 0 saturated heterocycles. The predicted molar refractivity (Wildman–Crippen MR) is 197 cm³/mol. The minimum absolute atomic E-state index is 0. The van der Waals surface area contributed by atoms with Gasteiger partial charge in [0.1, 0.15) is 36.6 Å². The molecule has 0 radical (unpaired) electrons. The Labute approximate surface area is 308 Å². The number of carboxylic acid groups (broad SMARTS) is 1. The summed E-state index contributed by atoms with van der Waals surface area (Å²) in [6.07, 6.45) is -9.59. The highest BCUT2D eigenvalue weighted by Gasteiger charge is 2.29. The molecule has 3 heterocycles. The molecule has 0 aliphatic carbocycles. The van der Waals surface area contributed by atoms with E-state index in [-0.39, 0.29) is 38.4 Å². The minimum atomic E-state index is -1.71. The normalized spacial score (nSPS) is 14.6. The van der Waals surface area contributed by atoms with E-state index in [1.54, 1.807) is 31.2 Å². The van der Waals surface area contributed by atoms with Crippen LogP contribution in [0.4, 0.5) is 0 Å². The Hall–Kier alpha value is -4.99. The molecule has 0 unspecified atom stereocenters. The number of aliphatic hydroxyl groups is 8. The van der Waals surface area contributed by atoms with E-state index in [2.05, 4.69) is 19.9 Å². The third-order valence-corrected chi connectivity index (χ3v) is 8.68. The molecule has 6 atom stereocenters. The van der Waals surface area contributed by atoms with Crippen molar-refractivity contribution in [1.29, 1.82) is 0 Å². The van der Waals surface area contributed by atoms with Gasteiger partial charge in [-0.1, -0.05) is 14.9 Å². The maximum absolute atomic E-state index is 12.4. The number of aromatic amines is 1. The Morgan fingerprint density at radius 1 is 0.667 bits per heavy atom. The number of carboxylic acids is 1. The molecule has 19 nitrogen and oxygen atoms in total. The second-order valence-electron chi connectivity index (χ2n) is 12.4. The van der Waals surface area contributed by atoms with Crippen molar-refractivity contribution in [2.45, 2.75) is 92.3 Å². The van der Waals surface area contributed by atoms with Crippen molar-refractivity contribution in [3.8, 4) is 11.5 Å². The molecule has 0 bridgehead atoms.